The number of hydrogen-bond acceptors (Lipinski definition) is 6. The second-order valence-electron chi connectivity index (χ2n) is 5.76. The molecular formula is C18H19N3O4S2. The maximum absolute atomic E-state index is 12.2. The number of para-hydroxylation sites is 2. The van der Waals surface area contributed by atoms with Gasteiger partial charge < -0.3 is 15.4 Å². The van der Waals surface area contributed by atoms with Crippen molar-refractivity contribution in [2.45, 2.75) is 17.7 Å². The fourth-order valence-electron chi connectivity index (χ4n) is 2.50. The minimum Gasteiger partial charge on any atom is -0.495 e. The molecule has 3 aromatic rings. The van der Waals surface area contributed by atoms with E-state index in [1.165, 1.54) is 7.11 Å². The Labute approximate surface area is 161 Å². The summed E-state index contributed by atoms with van der Waals surface area (Å²) in [6.07, 6.45) is 0.536. The number of ether oxygens (including phenoxy) is 1. The van der Waals surface area contributed by atoms with Crippen molar-refractivity contribution in [3.63, 3.8) is 0 Å². The summed E-state index contributed by atoms with van der Waals surface area (Å²) >= 11 is 1.10. The lowest BCUT2D eigenvalue weighted by Crippen LogP contribution is -2.19. The Hall–Kier alpha value is -2.65. The summed E-state index contributed by atoms with van der Waals surface area (Å²) in [5, 5.41) is 5.45. The van der Waals surface area contributed by atoms with E-state index in [1.807, 2.05) is 13.0 Å². The van der Waals surface area contributed by atoms with E-state index >= 15 is 0 Å². The Kier molecular flexibility index (Phi) is 5.62. The minimum atomic E-state index is -3.36. The van der Waals surface area contributed by atoms with E-state index in [0.29, 0.717) is 33.8 Å². The van der Waals surface area contributed by atoms with E-state index in [4.69, 9.17) is 4.74 Å². The highest BCUT2D eigenvalue weighted by Crippen LogP contribution is 2.29. The van der Waals surface area contributed by atoms with E-state index in [9.17, 15) is 13.2 Å². The number of sulfone groups is 1. The maximum atomic E-state index is 12.2. The van der Waals surface area contributed by atoms with E-state index in [2.05, 4.69) is 15.6 Å². The van der Waals surface area contributed by atoms with Gasteiger partial charge in [0, 0.05) is 5.69 Å². The topological polar surface area (TPSA) is 97.4 Å². The highest BCUT2D eigenvalue weighted by molar-refractivity contribution is 7.93. The van der Waals surface area contributed by atoms with E-state index in [1.54, 1.807) is 36.4 Å². The van der Waals surface area contributed by atoms with Gasteiger partial charge in [-0.2, -0.15) is 0 Å². The van der Waals surface area contributed by atoms with Crippen LogP contribution in [0.25, 0.3) is 10.2 Å². The van der Waals surface area contributed by atoms with Gasteiger partial charge in [-0.05, 0) is 36.8 Å². The number of nitrogens with zero attached hydrogens (tertiary/aromatic N) is 1. The van der Waals surface area contributed by atoms with Crippen LogP contribution in [0.5, 0.6) is 5.75 Å². The van der Waals surface area contributed by atoms with Crippen molar-refractivity contribution < 1.29 is 17.9 Å². The summed E-state index contributed by atoms with van der Waals surface area (Å²) in [6, 6.07) is 11.7. The Morgan fingerprint density at radius 2 is 1.96 bits per heavy atom. The number of urea groups is 1. The van der Waals surface area contributed by atoms with Gasteiger partial charge in [0.2, 0.25) is 14.2 Å². The molecule has 0 saturated heterocycles. The molecule has 27 heavy (non-hydrogen) atoms. The quantitative estimate of drug-likeness (QED) is 0.642. The molecule has 2 N–H and O–H groups in total. The van der Waals surface area contributed by atoms with Gasteiger partial charge >= 0.3 is 6.03 Å². The van der Waals surface area contributed by atoms with Crippen LogP contribution in [0, 0.1) is 0 Å². The normalized spacial score (nSPS) is 11.3. The van der Waals surface area contributed by atoms with Gasteiger partial charge in [-0.15, -0.1) is 11.3 Å². The number of anilines is 2. The average Bonchev–Trinajstić information content (AvgIpc) is 3.06. The van der Waals surface area contributed by atoms with Gasteiger partial charge in [-0.25, -0.2) is 18.2 Å². The van der Waals surface area contributed by atoms with Crippen LogP contribution in [0.15, 0.2) is 46.8 Å². The number of rotatable bonds is 6. The number of amides is 2. The largest absolute Gasteiger partial charge is 0.495 e. The number of aromatic nitrogens is 1. The van der Waals surface area contributed by atoms with Gasteiger partial charge in [0.1, 0.15) is 5.75 Å². The summed E-state index contributed by atoms with van der Waals surface area (Å²) in [7, 11) is -1.83. The Balaban J connectivity index is 1.78. The average molecular weight is 406 g/mol. The number of fused-ring (bicyclic) bond motifs is 1. The van der Waals surface area contributed by atoms with Crippen molar-refractivity contribution in [3.05, 3.63) is 42.5 Å². The van der Waals surface area contributed by atoms with Crippen molar-refractivity contribution in [3.8, 4) is 5.75 Å². The van der Waals surface area contributed by atoms with Crippen LogP contribution < -0.4 is 15.4 Å². The van der Waals surface area contributed by atoms with Crippen molar-refractivity contribution in [2.75, 3.05) is 23.5 Å². The molecule has 0 aliphatic heterocycles. The number of carbonyl (C=O) groups excluding carboxylic acids is 1. The number of carbonyl (C=O) groups is 1. The molecule has 0 unspecified atom stereocenters. The predicted molar refractivity (Wildman–Crippen MR) is 108 cm³/mol. The SMILES string of the molecule is CCCS(=O)(=O)c1nc2ccc(NC(=O)Nc3ccccc3OC)cc2s1. The van der Waals surface area contributed by atoms with Crippen LogP contribution in [0.2, 0.25) is 0 Å². The first kappa shape index (κ1) is 19.1. The fourth-order valence-corrected chi connectivity index (χ4v) is 5.22. The molecule has 3 rings (SSSR count). The fraction of sp³-hybridized carbons (Fsp3) is 0.222. The van der Waals surface area contributed by atoms with Gasteiger partial charge in [0.15, 0.2) is 0 Å². The Morgan fingerprint density at radius 1 is 1.19 bits per heavy atom. The van der Waals surface area contributed by atoms with Crippen LogP contribution in [-0.4, -0.2) is 32.3 Å². The van der Waals surface area contributed by atoms with Crippen LogP contribution in [-0.2, 0) is 9.84 Å². The van der Waals surface area contributed by atoms with Crippen LogP contribution in [0.4, 0.5) is 16.2 Å². The third-order valence-corrected chi connectivity index (χ3v) is 7.11. The first-order valence-corrected chi connectivity index (χ1v) is 10.7. The van der Waals surface area contributed by atoms with E-state index in [-0.39, 0.29) is 10.1 Å². The number of thiazole rings is 1. The molecule has 0 radical (unpaired) electrons. The zero-order chi connectivity index (χ0) is 19.4. The molecule has 2 amide bonds. The highest BCUT2D eigenvalue weighted by Gasteiger charge is 2.19. The Morgan fingerprint density at radius 3 is 2.70 bits per heavy atom. The number of methoxy groups -OCH3 is 1. The first-order chi connectivity index (χ1) is 12.9. The molecule has 1 heterocycles. The molecule has 0 aliphatic carbocycles. The molecule has 0 fully saturated rings. The summed E-state index contributed by atoms with van der Waals surface area (Å²) in [6.45, 7) is 1.81. The van der Waals surface area contributed by atoms with Crippen LogP contribution >= 0.6 is 11.3 Å². The monoisotopic (exact) mass is 405 g/mol. The maximum Gasteiger partial charge on any atom is 0.323 e. The highest BCUT2D eigenvalue weighted by atomic mass is 32.2. The molecule has 0 saturated carbocycles. The molecule has 1 aromatic heterocycles. The van der Waals surface area contributed by atoms with E-state index in [0.717, 1.165) is 11.3 Å². The van der Waals surface area contributed by atoms with Gasteiger partial charge in [0.05, 0.1) is 28.8 Å². The van der Waals surface area contributed by atoms with Gasteiger partial charge in [-0.1, -0.05) is 19.1 Å². The molecule has 142 valence electrons. The lowest BCUT2D eigenvalue weighted by Gasteiger charge is -2.10. The Bertz CT molecular complexity index is 1080. The second kappa shape index (κ2) is 7.93. The summed E-state index contributed by atoms with van der Waals surface area (Å²) in [5.74, 6) is 0.621. The van der Waals surface area contributed by atoms with E-state index < -0.39 is 15.9 Å². The lowest BCUT2D eigenvalue weighted by atomic mass is 10.3. The summed E-state index contributed by atoms with van der Waals surface area (Å²) < 4.78 is 30.4. The van der Waals surface area contributed by atoms with Crippen molar-refractivity contribution in [1.29, 1.82) is 0 Å². The van der Waals surface area contributed by atoms with Crippen molar-refractivity contribution >= 4 is 48.8 Å². The number of nitrogens with one attached hydrogen (secondary N) is 2. The molecule has 9 heteroatoms. The van der Waals surface area contributed by atoms with Crippen molar-refractivity contribution in [2.24, 2.45) is 0 Å². The smallest absolute Gasteiger partial charge is 0.323 e. The number of benzene rings is 2. The predicted octanol–water partition coefficient (Wildman–Crippen LogP) is 4.13. The zero-order valence-electron chi connectivity index (χ0n) is 14.9. The summed E-state index contributed by atoms with van der Waals surface area (Å²) in [4.78, 5) is 16.4. The molecule has 7 nitrogen and oxygen atoms in total. The zero-order valence-corrected chi connectivity index (χ0v) is 16.5. The standard InChI is InChI=1S/C18H19N3O4S2/c1-3-10-27(23,24)18-21-14-9-8-12(11-16(14)26-18)19-17(22)20-13-6-4-5-7-15(13)25-2/h4-9,11H,3,10H2,1-2H3,(H2,19,20,22). The van der Waals surface area contributed by atoms with Gasteiger partial charge in [0.25, 0.3) is 0 Å². The number of hydrogen-bond donors (Lipinski definition) is 2. The molecule has 0 atom stereocenters. The van der Waals surface area contributed by atoms with Crippen LogP contribution in [0.3, 0.4) is 0 Å². The molecule has 2 aromatic carbocycles. The third kappa shape index (κ3) is 4.37. The molecular weight excluding hydrogens is 386 g/mol. The molecule has 0 aliphatic rings. The second-order valence-corrected chi connectivity index (χ2v) is 9.07. The summed E-state index contributed by atoms with van der Waals surface area (Å²) in [5.41, 5.74) is 1.67. The van der Waals surface area contributed by atoms with Crippen LogP contribution in [0.1, 0.15) is 13.3 Å². The molecule has 0 bridgehead atoms. The minimum absolute atomic E-state index is 0.0687. The van der Waals surface area contributed by atoms with Crippen molar-refractivity contribution in [1.82, 2.24) is 4.98 Å². The third-order valence-electron chi connectivity index (χ3n) is 3.72. The lowest BCUT2D eigenvalue weighted by molar-refractivity contribution is 0.262. The molecule has 0 spiro atoms. The van der Waals surface area contributed by atoms with Gasteiger partial charge in [-0.3, -0.25) is 0 Å². The first-order valence-electron chi connectivity index (χ1n) is 8.27.